The summed E-state index contributed by atoms with van der Waals surface area (Å²) in [5.74, 6) is 0. The number of rotatable bonds is 1. The van der Waals surface area contributed by atoms with Crippen molar-refractivity contribution in [1.29, 1.82) is 0 Å². The van der Waals surface area contributed by atoms with Gasteiger partial charge in [0.15, 0.2) is 0 Å². The quantitative estimate of drug-likeness (QED) is 0.393. The van der Waals surface area contributed by atoms with Crippen LogP contribution in [0.3, 0.4) is 0 Å². The first-order valence-electron chi connectivity index (χ1n) is 0.924. The molecule has 0 heterocycles. The summed E-state index contributed by atoms with van der Waals surface area (Å²) in [4.78, 5) is 0. The molecule has 0 aromatic heterocycles. The number of hydrogen-bond acceptors (Lipinski definition) is 3. The van der Waals surface area contributed by atoms with Crippen LogP contribution >= 0.6 is 7.66 Å². The van der Waals surface area contributed by atoms with Crippen molar-refractivity contribution in [2.45, 2.75) is 0 Å². The molecule has 0 saturated carbocycles. The van der Waals surface area contributed by atoms with Gasteiger partial charge in [-0.05, 0) is 0 Å². The summed E-state index contributed by atoms with van der Waals surface area (Å²) in [6, 6.07) is 0. The first kappa shape index (κ1) is 6.01. The molecule has 0 spiro atoms. The summed E-state index contributed by atoms with van der Waals surface area (Å²) in [5.41, 5.74) is 0. The zero-order valence-corrected chi connectivity index (χ0v) is 4.40. The molecule has 0 fully saturated rings. The third kappa shape index (κ3) is 4.01. The summed E-state index contributed by atoms with van der Waals surface area (Å²) in [6.45, 7) is 0. The molecule has 1 unspecified atom stereocenters. The molecule has 0 rings (SSSR count). The molecular weight excluding hydrogens is 127 g/mol. The Morgan fingerprint density at radius 2 is 1.67 bits per heavy atom. The van der Waals surface area contributed by atoms with Gasteiger partial charge in [-0.25, -0.2) is 0 Å². The van der Waals surface area contributed by atoms with Crippen LogP contribution in [0.4, 0.5) is 0 Å². The summed E-state index contributed by atoms with van der Waals surface area (Å²) < 4.78 is 35.2. The van der Waals surface area contributed by atoms with Gasteiger partial charge in [0.2, 0.25) is 7.66 Å². The predicted molar refractivity (Wildman–Crippen MR) is 20.6 cm³/mol. The van der Waals surface area contributed by atoms with Crippen LogP contribution in [0.2, 0.25) is 0 Å². The molecule has 1 radical (unpaired) electrons. The predicted octanol–water partition coefficient (Wildman–Crippen LogP) is -0.187. The molecule has 6 heteroatoms. The Hall–Kier alpha value is 0.01000. The third-order valence-corrected chi connectivity index (χ3v) is 0.948. The van der Waals surface area contributed by atoms with Crippen molar-refractivity contribution >= 4 is 17.4 Å². The fourth-order valence-corrected chi connectivity index (χ4v) is 0. The lowest BCUT2D eigenvalue weighted by Crippen LogP contribution is -1.78. The second-order valence-corrected chi connectivity index (χ2v) is 3.72. The van der Waals surface area contributed by atoms with E-state index in [-0.39, 0.29) is 0 Å². The maximum Gasteiger partial charge on any atom is 0.334 e. The largest absolute Gasteiger partial charge is 0.334 e. The highest BCUT2D eigenvalue weighted by molar-refractivity contribution is 8.36. The Labute approximate surface area is 35.9 Å². The average molecular weight is 129 g/mol. The Morgan fingerprint density at radius 3 is 1.67 bits per heavy atom. The number of hydrogen-bond donors (Lipinski definition) is 1. The molecular formula is H2O4PS. The van der Waals surface area contributed by atoms with E-state index in [1.165, 1.54) is 0 Å². The molecule has 0 aromatic rings. The van der Waals surface area contributed by atoms with E-state index in [0.29, 0.717) is 0 Å². The average Bonchev–Trinajstić information content (AvgIpc) is 1.35. The van der Waals surface area contributed by atoms with Gasteiger partial charge >= 0.3 is 9.74 Å². The van der Waals surface area contributed by atoms with E-state index < -0.39 is 17.4 Å². The van der Waals surface area contributed by atoms with Crippen LogP contribution in [0.25, 0.3) is 0 Å². The van der Waals surface area contributed by atoms with E-state index >= 15 is 0 Å². The lowest BCUT2D eigenvalue weighted by Gasteiger charge is -1.69. The highest BCUT2D eigenvalue weighted by atomic mass is 32.8. The van der Waals surface area contributed by atoms with Crippen molar-refractivity contribution in [3.8, 4) is 0 Å². The minimum atomic E-state index is -4.19. The summed E-state index contributed by atoms with van der Waals surface area (Å²) in [5, 5.41) is 0. The third-order valence-electron chi connectivity index (χ3n) is 0.105. The first-order valence-corrected chi connectivity index (χ1v) is 4.00. The molecule has 0 aliphatic carbocycles. The molecule has 37 valence electrons. The molecule has 0 saturated heterocycles. The van der Waals surface area contributed by atoms with Gasteiger partial charge in [0.1, 0.15) is 0 Å². The fourth-order valence-electron chi connectivity index (χ4n) is 0. The fraction of sp³-hybridized carbons (Fsp3) is 0. The van der Waals surface area contributed by atoms with Gasteiger partial charge in [-0.3, -0.25) is 9.12 Å². The van der Waals surface area contributed by atoms with Crippen molar-refractivity contribution in [2.75, 3.05) is 0 Å². The van der Waals surface area contributed by atoms with Gasteiger partial charge < -0.3 is 0 Å². The molecule has 4 nitrogen and oxygen atoms in total. The van der Waals surface area contributed by atoms with Crippen molar-refractivity contribution < 1.29 is 17.5 Å². The highest BCUT2D eigenvalue weighted by Crippen LogP contribution is 1.99. The minimum Gasteiger partial charge on any atom is -0.277 e. The lowest BCUT2D eigenvalue weighted by molar-refractivity contribution is 0.497. The molecule has 0 aliphatic rings. The second kappa shape index (κ2) is 1.64. The first-order chi connectivity index (χ1) is 2.56. The van der Waals surface area contributed by atoms with E-state index in [0.717, 1.165) is 0 Å². The van der Waals surface area contributed by atoms with Crippen LogP contribution in [-0.2, 0) is 14.3 Å². The molecule has 0 aromatic carbocycles. The van der Waals surface area contributed by atoms with Crippen LogP contribution in [-0.4, -0.2) is 13.0 Å². The van der Waals surface area contributed by atoms with Crippen LogP contribution in [0, 0.1) is 0 Å². The minimum absolute atomic E-state index is 1.66. The molecule has 0 amide bonds. The van der Waals surface area contributed by atoms with E-state index in [1.54, 1.807) is 0 Å². The van der Waals surface area contributed by atoms with Crippen molar-refractivity contribution in [3.05, 3.63) is 0 Å². The molecule has 1 atom stereocenters. The molecule has 6 heavy (non-hydrogen) atoms. The van der Waals surface area contributed by atoms with E-state index in [2.05, 4.69) is 0 Å². The lowest BCUT2D eigenvalue weighted by atomic mass is 15.9. The Morgan fingerprint density at radius 1 is 1.50 bits per heavy atom. The van der Waals surface area contributed by atoms with E-state index in [4.69, 9.17) is 9.12 Å². The maximum atomic E-state index is 9.26. The standard InChI is InChI=1S/H2O4PS/c1-5-6(2,3)4/h5H,(H,2,3,4). The summed E-state index contributed by atoms with van der Waals surface area (Å²) in [7, 11) is -5.84. The molecule has 1 N–H and O–H groups in total. The zero-order valence-electron chi connectivity index (χ0n) is 2.58. The van der Waals surface area contributed by atoms with Gasteiger partial charge in [0.25, 0.3) is 0 Å². The van der Waals surface area contributed by atoms with Crippen LogP contribution in [0.15, 0.2) is 0 Å². The van der Waals surface area contributed by atoms with E-state index in [9.17, 15) is 8.42 Å². The molecule has 0 bridgehead atoms. The summed E-state index contributed by atoms with van der Waals surface area (Å²) >= 11 is 0. The Kier molecular flexibility index (Phi) is 1.64. The Bertz CT molecular complexity index is 118. The van der Waals surface area contributed by atoms with Crippen molar-refractivity contribution in [1.82, 2.24) is 0 Å². The van der Waals surface area contributed by atoms with Crippen LogP contribution < -0.4 is 0 Å². The second-order valence-electron chi connectivity index (χ2n) is 0.558. The normalized spacial score (nSPS) is 12.2. The van der Waals surface area contributed by atoms with Gasteiger partial charge in [-0.2, -0.15) is 8.42 Å². The molecule has 0 aliphatic heterocycles. The Balaban J connectivity index is 4.25. The maximum absolute atomic E-state index is 9.26. The summed E-state index contributed by atoms with van der Waals surface area (Å²) in [6.07, 6.45) is 0. The van der Waals surface area contributed by atoms with Crippen LogP contribution in [0.5, 0.6) is 0 Å². The van der Waals surface area contributed by atoms with Crippen molar-refractivity contribution in [3.63, 3.8) is 0 Å². The van der Waals surface area contributed by atoms with Gasteiger partial charge in [-0.1, -0.05) is 0 Å². The van der Waals surface area contributed by atoms with Crippen LogP contribution in [0.1, 0.15) is 0 Å². The van der Waals surface area contributed by atoms with Gasteiger partial charge in [-0.15, -0.1) is 0 Å². The topological polar surface area (TPSA) is 71.4 Å². The highest BCUT2D eigenvalue weighted by Gasteiger charge is 1.93. The zero-order chi connectivity index (χ0) is 5.21. The van der Waals surface area contributed by atoms with E-state index in [1.807, 2.05) is 0 Å². The monoisotopic (exact) mass is 129 g/mol. The van der Waals surface area contributed by atoms with Crippen molar-refractivity contribution in [2.24, 2.45) is 0 Å². The smallest absolute Gasteiger partial charge is 0.277 e. The van der Waals surface area contributed by atoms with Gasteiger partial charge in [0, 0.05) is 0 Å². The SMILES string of the molecule is O=[PH]S(=O)(=O)O. The van der Waals surface area contributed by atoms with Gasteiger partial charge in [0.05, 0.1) is 0 Å².